The van der Waals surface area contributed by atoms with Gasteiger partial charge in [-0.05, 0) is 30.4 Å². The summed E-state index contributed by atoms with van der Waals surface area (Å²) in [7, 11) is 2.00. The van der Waals surface area contributed by atoms with E-state index in [9.17, 15) is 0 Å². The Labute approximate surface area is 94.9 Å². The van der Waals surface area contributed by atoms with E-state index in [4.69, 9.17) is 0 Å². The van der Waals surface area contributed by atoms with Crippen LogP contribution in [0, 0.1) is 0 Å². The quantitative estimate of drug-likeness (QED) is 0.613. The summed E-state index contributed by atoms with van der Waals surface area (Å²) < 4.78 is 2.02. The van der Waals surface area contributed by atoms with Gasteiger partial charge in [0.15, 0.2) is 0 Å². The molecule has 1 aromatic carbocycles. The molecule has 1 N–H and O–H groups in total. The number of hydrogen-bond acceptors (Lipinski definition) is 3. The zero-order valence-electron chi connectivity index (χ0n) is 8.77. The Hall–Kier alpha value is -1.16. The van der Waals surface area contributed by atoms with Gasteiger partial charge in [-0.2, -0.15) is 12.6 Å². The summed E-state index contributed by atoms with van der Waals surface area (Å²) in [5.74, 6) is 0.916. The molecule has 3 nitrogen and oxygen atoms in total. The monoisotopic (exact) mass is 221 g/mol. The van der Waals surface area contributed by atoms with E-state index in [2.05, 4.69) is 41.1 Å². The second-order valence-corrected chi connectivity index (χ2v) is 4.01. The van der Waals surface area contributed by atoms with Crippen molar-refractivity contribution in [3.63, 3.8) is 0 Å². The number of fused-ring (bicyclic) bond motifs is 1. The van der Waals surface area contributed by atoms with Crippen LogP contribution in [-0.4, -0.2) is 21.8 Å². The Balaban J connectivity index is 2.16. The highest BCUT2D eigenvalue weighted by Crippen LogP contribution is 2.17. The lowest BCUT2D eigenvalue weighted by Crippen LogP contribution is -2.01. The second kappa shape index (κ2) is 4.57. The van der Waals surface area contributed by atoms with E-state index in [1.54, 1.807) is 0 Å². The van der Waals surface area contributed by atoms with Crippen molar-refractivity contribution in [2.75, 3.05) is 17.6 Å². The van der Waals surface area contributed by atoms with Gasteiger partial charge in [-0.3, -0.25) is 0 Å². The molecule has 15 heavy (non-hydrogen) atoms. The first-order valence-corrected chi connectivity index (χ1v) is 5.70. The maximum atomic E-state index is 4.32. The largest absolute Gasteiger partial charge is 0.385 e. The van der Waals surface area contributed by atoms with Crippen LogP contribution in [0.2, 0.25) is 0 Å². The molecule has 0 saturated carbocycles. The van der Waals surface area contributed by atoms with E-state index in [1.807, 2.05) is 17.9 Å². The molecule has 0 bridgehead atoms. The molecule has 1 heterocycles. The second-order valence-electron chi connectivity index (χ2n) is 3.56. The zero-order valence-corrected chi connectivity index (χ0v) is 9.67. The molecular formula is C11H15N3S. The number of aryl methyl sites for hydroxylation is 1. The van der Waals surface area contributed by atoms with Gasteiger partial charge in [-0.1, -0.05) is 0 Å². The topological polar surface area (TPSA) is 29.9 Å². The van der Waals surface area contributed by atoms with Crippen molar-refractivity contribution >= 4 is 29.3 Å². The number of nitrogens with one attached hydrogen (secondary N) is 1. The van der Waals surface area contributed by atoms with Gasteiger partial charge in [0.25, 0.3) is 0 Å². The predicted molar refractivity (Wildman–Crippen MR) is 67.7 cm³/mol. The van der Waals surface area contributed by atoms with E-state index in [1.165, 1.54) is 0 Å². The van der Waals surface area contributed by atoms with E-state index in [0.29, 0.717) is 0 Å². The van der Waals surface area contributed by atoms with Crippen molar-refractivity contribution in [2.24, 2.45) is 7.05 Å². The van der Waals surface area contributed by atoms with Crippen LogP contribution in [0.15, 0.2) is 24.5 Å². The average Bonchev–Trinajstić information content (AvgIpc) is 2.61. The molecule has 0 aliphatic heterocycles. The van der Waals surface area contributed by atoms with E-state index in [0.717, 1.165) is 35.4 Å². The Morgan fingerprint density at radius 2 is 2.33 bits per heavy atom. The molecule has 1 aromatic heterocycles. The third-order valence-electron chi connectivity index (χ3n) is 2.39. The number of rotatable bonds is 4. The van der Waals surface area contributed by atoms with Crippen LogP contribution in [0.3, 0.4) is 0 Å². The maximum Gasteiger partial charge on any atom is 0.0955 e. The van der Waals surface area contributed by atoms with Crippen LogP contribution >= 0.6 is 12.6 Å². The van der Waals surface area contributed by atoms with Crippen molar-refractivity contribution in [2.45, 2.75) is 6.42 Å². The maximum absolute atomic E-state index is 4.32. The van der Waals surface area contributed by atoms with E-state index < -0.39 is 0 Å². The van der Waals surface area contributed by atoms with Gasteiger partial charge in [-0.25, -0.2) is 4.98 Å². The van der Waals surface area contributed by atoms with Crippen LogP contribution in [0.4, 0.5) is 5.69 Å². The predicted octanol–water partition coefficient (Wildman–Crippen LogP) is 2.31. The molecule has 0 aliphatic carbocycles. The fraction of sp³-hybridized carbons (Fsp3) is 0.364. The van der Waals surface area contributed by atoms with Crippen LogP contribution < -0.4 is 5.32 Å². The van der Waals surface area contributed by atoms with Gasteiger partial charge in [0, 0.05) is 19.3 Å². The number of anilines is 1. The van der Waals surface area contributed by atoms with E-state index in [-0.39, 0.29) is 0 Å². The highest BCUT2D eigenvalue weighted by Gasteiger charge is 1.99. The third-order valence-corrected chi connectivity index (χ3v) is 2.71. The minimum atomic E-state index is 0.916. The van der Waals surface area contributed by atoms with E-state index >= 15 is 0 Å². The van der Waals surface area contributed by atoms with Gasteiger partial charge >= 0.3 is 0 Å². The molecule has 0 unspecified atom stereocenters. The van der Waals surface area contributed by atoms with Crippen molar-refractivity contribution in [1.29, 1.82) is 0 Å². The first kappa shape index (κ1) is 10.4. The first-order valence-electron chi connectivity index (χ1n) is 5.07. The lowest BCUT2D eigenvalue weighted by atomic mass is 10.2. The Kier molecular flexibility index (Phi) is 3.16. The SMILES string of the molecule is Cn1cnc2cc(NCCCS)ccc21. The molecule has 0 atom stereocenters. The number of hydrogen-bond donors (Lipinski definition) is 2. The lowest BCUT2D eigenvalue weighted by molar-refractivity contribution is 0.947. The van der Waals surface area contributed by atoms with Gasteiger partial charge in [0.05, 0.1) is 17.4 Å². The zero-order chi connectivity index (χ0) is 10.7. The summed E-state index contributed by atoms with van der Waals surface area (Å²) in [6.45, 7) is 0.960. The molecule has 0 fully saturated rings. The third kappa shape index (κ3) is 2.26. The molecule has 0 spiro atoms. The summed E-state index contributed by atoms with van der Waals surface area (Å²) in [6, 6.07) is 6.25. The molecule has 0 radical (unpaired) electrons. The minimum Gasteiger partial charge on any atom is -0.385 e. The summed E-state index contributed by atoms with van der Waals surface area (Å²) in [5.41, 5.74) is 3.33. The molecule has 80 valence electrons. The van der Waals surface area contributed by atoms with Crippen LogP contribution in [0.5, 0.6) is 0 Å². The highest BCUT2D eigenvalue weighted by molar-refractivity contribution is 7.80. The highest BCUT2D eigenvalue weighted by atomic mass is 32.1. The number of thiol groups is 1. The van der Waals surface area contributed by atoms with Crippen molar-refractivity contribution in [3.8, 4) is 0 Å². The molecule has 0 amide bonds. The molecule has 2 aromatic rings. The summed E-state index contributed by atoms with van der Waals surface area (Å²) >= 11 is 4.17. The fourth-order valence-corrected chi connectivity index (χ4v) is 1.72. The number of imidazole rings is 1. The van der Waals surface area contributed by atoms with Crippen molar-refractivity contribution in [3.05, 3.63) is 24.5 Å². The molecular weight excluding hydrogens is 206 g/mol. The number of aromatic nitrogens is 2. The van der Waals surface area contributed by atoms with Crippen LogP contribution in [-0.2, 0) is 7.05 Å². The smallest absolute Gasteiger partial charge is 0.0955 e. The van der Waals surface area contributed by atoms with Crippen LogP contribution in [0.25, 0.3) is 11.0 Å². The summed E-state index contributed by atoms with van der Waals surface area (Å²) in [5, 5.41) is 3.35. The Morgan fingerprint density at radius 3 is 3.13 bits per heavy atom. The van der Waals surface area contributed by atoms with Gasteiger partial charge < -0.3 is 9.88 Å². The van der Waals surface area contributed by atoms with Crippen molar-refractivity contribution < 1.29 is 0 Å². The van der Waals surface area contributed by atoms with Crippen molar-refractivity contribution in [1.82, 2.24) is 9.55 Å². The molecule has 4 heteroatoms. The Bertz CT molecular complexity index is 450. The normalized spacial score (nSPS) is 10.8. The molecule has 2 rings (SSSR count). The molecule has 0 saturated heterocycles. The van der Waals surface area contributed by atoms with Gasteiger partial charge in [-0.15, -0.1) is 0 Å². The first-order chi connectivity index (χ1) is 7.31. The Morgan fingerprint density at radius 1 is 1.47 bits per heavy atom. The summed E-state index contributed by atoms with van der Waals surface area (Å²) in [4.78, 5) is 4.32. The standard InChI is InChI=1S/C11H15N3S/c1-14-8-13-10-7-9(3-4-11(10)14)12-5-2-6-15/h3-4,7-8,12,15H,2,5-6H2,1H3. The van der Waals surface area contributed by atoms with Gasteiger partial charge in [0.2, 0.25) is 0 Å². The minimum absolute atomic E-state index is 0.916. The lowest BCUT2D eigenvalue weighted by Gasteiger charge is -2.04. The fourth-order valence-electron chi connectivity index (χ4n) is 1.56. The molecule has 0 aliphatic rings. The number of benzene rings is 1. The van der Waals surface area contributed by atoms with Crippen LogP contribution in [0.1, 0.15) is 6.42 Å². The summed E-state index contributed by atoms with van der Waals surface area (Å²) in [6.07, 6.45) is 2.91. The van der Waals surface area contributed by atoms with Gasteiger partial charge in [0.1, 0.15) is 0 Å². The average molecular weight is 221 g/mol. The number of nitrogens with zero attached hydrogens (tertiary/aromatic N) is 2.